The number of aliphatic hydroxyl groups excluding tert-OH is 1. The van der Waals surface area contributed by atoms with Crippen LogP contribution >= 0.6 is 0 Å². The Morgan fingerprint density at radius 2 is 1.84 bits per heavy atom. The number of aliphatic hydroxyl groups is 1. The molecule has 5 nitrogen and oxygen atoms in total. The molecule has 0 amide bonds. The highest BCUT2D eigenvalue weighted by Gasteiger charge is 2.28. The van der Waals surface area contributed by atoms with Crippen molar-refractivity contribution < 1.29 is 9.84 Å². The van der Waals surface area contributed by atoms with Crippen LogP contribution in [0.1, 0.15) is 52.0 Å². The minimum absolute atomic E-state index is 0.127. The first kappa shape index (κ1) is 20.1. The number of aromatic nitrogens is 1. The second kappa shape index (κ2) is 10.1. The molecule has 2 aliphatic rings. The Hall–Kier alpha value is -1.17. The van der Waals surface area contributed by atoms with Gasteiger partial charge in [0.25, 0.3) is 0 Å². The molecule has 1 saturated carbocycles. The van der Waals surface area contributed by atoms with Crippen LogP contribution in [0.15, 0.2) is 18.3 Å². The van der Waals surface area contributed by atoms with Crippen molar-refractivity contribution in [2.45, 2.75) is 58.7 Å². The molecule has 3 rings (SSSR count). The number of rotatable bonds is 6. The zero-order chi connectivity index (χ0) is 18.2. The van der Waals surface area contributed by atoms with Crippen LogP contribution in [0.4, 0.5) is 5.82 Å². The van der Waals surface area contributed by atoms with Crippen LogP contribution in [0, 0.1) is 0 Å². The van der Waals surface area contributed by atoms with Gasteiger partial charge in [0.1, 0.15) is 5.82 Å². The normalized spacial score (nSPS) is 23.8. The van der Waals surface area contributed by atoms with Crippen LogP contribution in [0.3, 0.4) is 0 Å². The highest BCUT2D eigenvalue weighted by molar-refractivity contribution is 5.40. The zero-order valence-electron chi connectivity index (χ0n) is 16.3. The van der Waals surface area contributed by atoms with E-state index in [0.717, 1.165) is 58.0 Å². The zero-order valence-corrected chi connectivity index (χ0v) is 16.3. The van der Waals surface area contributed by atoms with Crippen molar-refractivity contribution in [3.63, 3.8) is 0 Å². The van der Waals surface area contributed by atoms with Crippen LogP contribution < -0.4 is 4.90 Å². The fourth-order valence-electron chi connectivity index (χ4n) is 3.15. The summed E-state index contributed by atoms with van der Waals surface area (Å²) in [5, 5.41) is 9.25. The standard InChI is InChI=1S/C18H29N3O2.C2H6/c1-14(2)15-3-4-18(19-13-15)21-7-5-20(6-8-21)9-10-23-17-11-16(22)12-17;1-2/h3-4,13-14,16-17,22H,5-12H2,1-2H3;1-2H3. The summed E-state index contributed by atoms with van der Waals surface area (Å²) in [6.45, 7) is 14.3. The average molecular weight is 350 g/mol. The molecule has 0 aromatic carbocycles. The molecule has 0 atom stereocenters. The number of piperazine rings is 1. The van der Waals surface area contributed by atoms with E-state index in [-0.39, 0.29) is 12.2 Å². The summed E-state index contributed by atoms with van der Waals surface area (Å²) in [7, 11) is 0. The molecule has 25 heavy (non-hydrogen) atoms. The summed E-state index contributed by atoms with van der Waals surface area (Å²) >= 11 is 0. The van der Waals surface area contributed by atoms with Gasteiger partial charge in [-0.3, -0.25) is 4.90 Å². The molecule has 5 heteroatoms. The van der Waals surface area contributed by atoms with Crippen LogP contribution in [0.5, 0.6) is 0 Å². The van der Waals surface area contributed by atoms with Gasteiger partial charge in [0, 0.05) is 38.9 Å². The molecule has 0 radical (unpaired) electrons. The van der Waals surface area contributed by atoms with Crippen molar-refractivity contribution >= 4 is 5.82 Å². The molecule has 1 aromatic heterocycles. The second-order valence-corrected chi connectivity index (χ2v) is 7.05. The van der Waals surface area contributed by atoms with E-state index in [1.54, 1.807) is 0 Å². The van der Waals surface area contributed by atoms with Gasteiger partial charge in [0.2, 0.25) is 0 Å². The smallest absolute Gasteiger partial charge is 0.128 e. The lowest BCUT2D eigenvalue weighted by molar-refractivity contribution is -0.0746. The lowest BCUT2D eigenvalue weighted by Crippen LogP contribution is -2.48. The molecule has 2 fully saturated rings. The molecule has 0 bridgehead atoms. The molecule has 1 aliphatic carbocycles. The van der Waals surface area contributed by atoms with Gasteiger partial charge < -0.3 is 14.7 Å². The predicted octanol–water partition coefficient (Wildman–Crippen LogP) is 2.89. The van der Waals surface area contributed by atoms with E-state index < -0.39 is 0 Å². The second-order valence-electron chi connectivity index (χ2n) is 7.05. The summed E-state index contributed by atoms with van der Waals surface area (Å²) in [5.41, 5.74) is 1.30. The van der Waals surface area contributed by atoms with Crippen molar-refractivity contribution in [2.24, 2.45) is 0 Å². The maximum absolute atomic E-state index is 9.25. The van der Waals surface area contributed by atoms with Gasteiger partial charge in [-0.1, -0.05) is 33.8 Å². The first-order valence-corrected chi connectivity index (χ1v) is 9.84. The van der Waals surface area contributed by atoms with Crippen LogP contribution in [-0.2, 0) is 4.74 Å². The van der Waals surface area contributed by atoms with E-state index in [0.29, 0.717) is 5.92 Å². The van der Waals surface area contributed by atoms with Gasteiger partial charge in [-0.25, -0.2) is 4.98 Å². The topological polar surface area (TPSA) is 48.8 Å². The van der Waals surface area contributed by atoms with Gasteiger partial charge in [-0.05, 0) is 30.4 Å². The van der Waals surface area contributed by atoms with Crippen LogP contribution in [0.25, 0.3) is 0 Å². The molecule has 142 valence electrons. The lowest BCUT2D eigenvalue weighted by Gasteiger charge is -2.36. The number of anilines is 1. The van der Waals surface area contributed by atoms with Gasteiger partial charge in [0.05, 0.1) is 18.8 Å². The highest BCUT2D eigenvalue weighted by Crippen LogP contribution is 2.23. The summed E-state index contributed by atoms with van der Waals surface area (Å²) < 4.78 is 5.77. The Morgan fingerprint density at radius 1 is 1.16 bits per heavy atom. The van der Waals surface area contributed by atoms with Gasteiger partial charge in [0.15, 0.2) is 0 Å². The van der Waals surface area contributed by atoms with E-state index in [9.17, 15) is 5.11 Å². The van der Waals surface area contributed by atoms with E-state index in [4.69, 9.17) is 4.74 Å². The van der Waals surface area contributed by atoms with Gasteiger partial charge in [-0.15, -0.1) is 0 Å². The Labute approximate surface area is 153 Å². The van der Waals surface area contributed by atoms with Crippen LogP contribution in [0.2, 0.25) is 0 Å². The monoisotopic (exact) mass is 349 g/mol. The summed E-state index contributed by atoms with van der Waals surface area (Å²) in [6, 6.07) is 4.34. The minimum Gasteiger partial charge on any atom is -0.393 e. The maximum Gasteiger partial charge on any atom is 0.128 e. The highest BCUT2D eigenvalue weighted by atomic mass is 16.5. The molecule has 1 aliphatic heterocycles. The molecular formula is C20H35N3O2. The number of hydrogen-bond acceptors (Lipinski definition) is 5. The lowest BCUT2D eigenvalue weighted by atomic mass is 9.92. The third-order valence-corrected chi connectivity index (χ3v) is 4.96. The van der Waals surface area contributed by atoms with E-state index in [1.165, 1.54) is 5.56 Å². The third-order valence-electron chi connectivity index (χ3n) is 4.96. The molecule has 1 saturated heterocycles. The van der Waals surface area contributed by atoms with Gasteiger partial charge >= 0.3 is 0 Å². The van der Waals surface area contributed by atoms with E-state index >= 15 is 0 Å². The molecule has 0 spiro atoms. The van der Waals surface area contributed by atoms with Crippen molar-refractivity contribution in [3.05, 3.63) is 23.9 Å². The average Bonchev–Trinajstić information content (AvgIpc) is 2.62. The van der Waals surface area contributed by atoms with Crippen molar-refractivity contribution in [3.8, 4) is 0 Å². The first-order valence-electron chi connectivity index (χ1n) is 9.84. The maximum atomic E-state index is 9.25. The Bertz CT molecular complexity index is 478. The Kier molecular flexibility index (Phi) is 8.13. The minimum atomic E-state index is -0.127. The van der Waals surface area contributed by atoms with Crippen LogP contribution in [-0.4, -0.2) is 66.5 Å². The van der Waals surface area contributed by atoms with E-state index in [1.807, 2.05) is 20.0 Å². The Morgan fingerprint density at radius 3 is 2.36 bits per heavy atom. The number of ether oxygens (including phenoxy) is 1. The summed E-state index contributed by atoms with van der Waals surface area (Å²) in [5.74, 6) is 1.62. The molecule has 2 heterocycles. The molecule has 0 unspecified atom stereocenters. The fourth-order valence-corrected chi connectivity index (χ4v) is 3.15. The van der Waals surface area contributed by atoms with E-state index in [2.05, 4.69) is 40.8 Å². The quantitative estimate of drug-likeness (QED) is 0.856. The largest absolute Gasteiger partial charge is 0.393 e. The third kappa shape index (κ3) is 5.94. The predicted molar refractivity (Wildman–Crippen MR) is 103 cm³/mol. The molecule has 1 aromatic rings. The SMILES string of the molecule is CC.CC(C)c1ccc(N2CCN(CCOC3CC(O)C3)CC2)nc1. The fraction of sp³-hybridized carbons (Fsp3) is 0.750. The summed E-state index contributed by atoms with van der Waals surface area (Å²) in [4.78, 5) is 9.44. The first-order chi connectivity index (χ1) is 12.1. The number of nitrogens with zero attached hydrogens (tertiary/aromatic N) is 3. The molecular weight excluding hydrogens is 314 g/mol. The number of hydrogen-bond donors (Lipinski definition) is 1. The van der Waals surface area contributed by atoms with Crippen molar-refractivity contribution in [1.29, 1.82) is 0 Å². The van der Waals surface area contributed by atoms with Gasteiger partial charge in [-0.2, -0.15) is 0 Å². The van der Waals surface area contributed by atoms with Crippen molar-refractivity contribution in [1.82, 2.24) is 9.88 Å². The Balaban J connectivity index is 0.00000109. The van der Waals surface area contributed by atoms with Crippen molar-refractivity contribution in [2.75, 3.05) is 44.2 Å². The summed E-state index contributed by atoms with van der Waals surface area (Å²) in [6.07, 6.45) is 3.79. The molecule has 1 N–H and O–H groups in total. The number of pyridine rings is 1.